The first-order valence-corrected chi connectivity index (χ1v) is 8.20. The quantitative estimate of drug-likeness (QED) is 0.887. The van der Waals surface area contributed by atoms with Gasteiger partial charge in [-0.15, -0.1) is 0 Å². The highest BCUT2D eigenvalue weighted by Gasteiger charge is 2.24. The highest BCUT2D eigenvalue weighted by atomic mass is 19.1. The highest BCUT2D eigenvalue weighted by molar-refractivity contribution is 5.74. The molecule has 0 unspecified atom stereocenters. The van der Waals surface area contributed by atoms with Crippen molar-refractivity contribution in [2.45, 2.75) is 39.3 Å². The minimum atomic E-state index is -0.304. The first-order valence-electron chi connectivity index (χ1n) is 8.20. The number of halogens is 1. The fourth-order valence-electron chi connectivity index (χ4n) is 2.59. The maximum absolute atomic E-state index is 13.5. The Bertz CT molecular complexity index is 586. The number of nitrogens with one attached hydrogen (secondary N) is 2. The summed E-state index contributed by atoms with van der Waals surface area (Å²) in [5.74, 6) is -0.277. The largest absolute Gasteiger partial charge is 0.450 e. The lowest BCUT2D eigenvalue weighted by atomic mass is 10.1. The third-order valence-electron chi connectivity index (χ3n) is 4.05. The number of carbonyl (C=O) groups is 2. The number of rotatable bonds is 4. The Labute approximate surface area is 141 Å². The van der Waals surface area contributed by atoms with Crippen LogP contribution in [0.2, 0.25) is 0 Å². The van der Waals surface area contributed by atoms with E-state index in [1.807, 2.05) is 0 Å². The lowest BCUT2D eigenvalue weighted by Gasteiger charge is -2.31. The molecule has 2 rings (SSSR count). The van der Waals surface area contributed by atoms with Gasteiger partial charge in [0.05, 0.1) is 6.61 Å². The molecular formula is C17H24FN3O3. The molecule has 1 aromatic carbocycles. The van der Waals surface area contributed by atoms with E-state index in [4.69, 9.17) is 4.74 Å². The summed E-state index contributed by atoms with van der Waals surface area (Å²) < 4.78 is 18.4. The summed E-state index contributed by atoms with van der Waals surface area (Å²) in [5, 5.41) is 5.61. The number of benzene rings is 1. The Morgan fingerprint density at radius 3 is 2.67 bits per heavy atom. The van der Waals surface area contributed by atoms with Crippen LogP contribution in [0.1, 0.15) is 30.9 Å². The summed E-state index contributed by atoms with van der Waals surface area (Å²) in [5.41, 5.74) is 1.29. The molecule has 0 bridgehead atoms. The second-order valence-electron chi connectivity index (χ2n) is 5.87. The van der Waals surface area contributed by atoms with Crippen LogP contribution < -0.4 is 10.6 Å². The van der Waals surface area contributed by atoms with Crippen molar-refractivity contribution < 1.29 is 18.7 Å². The maximum Gasteiger partial charge on any atom is 0.409 e. The molecule has 24 heavy (non-hydrogen) atoms. The molecule has 3 amide bonds. The van der Waals surface area contributed by atoms with Gasteiger partial charge in [0.25, 0.3) is 0 Å². The number of carbonyl (C=O) groups excluding carboxylic acids is 2. The van der Waals surface area contributed by atoms with E-state index >= 15 is 0 Å². The third-order valence-corrected chi connectivity index (χ3v) is 4.05. The Morgan fingerprint density at radius 1 is 1.33 bits per heavy atom. The molecule has 1 saturated heterocycles. The molecule has 0 radical (unpaired) electrons. The van der Waals surface area contributed by atoms with Crippen LogP contribution in [0, 0.1) is 12.7 Å². The fourth-order valence-corrected chi connectivity index (χ4v) is 2.59. The maximum atomic E-state index is 13.5. The average Bonchev–Trinajstić information content (AvgIpc) is 2.57. The van der Waals surface area contributed by atoms with Crippen molar-refractivity contribution in [2.24, 2.45) is 0 Å². The molecule has 0 spiro atoms. The van der Waals surface area contributed by atoms with Crippen LogP contribution >= 0.6 is 0 Å². The molecule has 6 nitrogen and oxygen atoms in total. The normalized spacial score (nSPS) is 15.0. The molecule has 0 aromatic heterocycles. The van der Waals surface area contributed by atoms with Gasteiger partial charge < -0.3 is 20.3 Å². The van der Waals surface area contributed by atoms with Crippen LogP contribution in [-0.4, -0.2) is 42.8 Å². The number of nitrogens with zero attached hydrogens (tertiary/aromatic N) is 1. The number of ether oxygens (including phenoxy) is 1. The first-order chi connectivity index (χ1) is 11.5. The van der Waals surface area contributed by atoms with E-state index in [0.29, 0.717) is 43.7 Å². The lowest BCUT2D eigenvalue weighted by Crippen LogP contribution is -2.49. The molecule has 2 N–H and O–H groups in total. The smallest absolute Gasteiger partial charge is 0.409 e. The Morgan fingerprint density at radius 2 is 2.04 bits per heavy atom. The van der Waals surface area contributed by atoms with Crippen LogP contribution in [0.25, 0.3) is 0 Å². The molecule has 0 atom stereocenters. The number of hydrogen-bond donors (Lipinski definition) is 2. The summed E-state index contributed by atoms with van der Waals surface area (Å²) in [6, 6.07) is 4.63. The summed E-state index contributed by atoms with van der Waals surface area (Å²) in [7, 11) is 0. The van der Waals surface area contributed by atoms with Crippen molar-refractivity contribution in [3.63, 3.8) is 0 Å². The minimum absolute atomic E-state index is 0.0189. The Kier molecular flexibility index (Phi) is 6.40. The number of hydrogen-bond acceptors (Lipinski definition) is 3. The number of likely N-dealkylation sites (tertiary alicyclic amines) is 1. The van der Waals surface area contributed by atoms with Gasteiger partial charge in [-0.2, -0.15) is 0 Å². The van der Waals surface area contributed by atoms with E-state index in [1.54, 1.807) is 30.9 Å². The van der Waals surface area contributed by atoms with Crippen molar-refractivity contribution in [3.05, 3.63) is 35.1 Å². The predicted molar refractivity (Wildman–Crippen MR) is 88.1 cm³/mol. The summed E-state index contributed by atoms with van der Waals surface area (Å²) in [4.78, 5) is 25.2. The van der Waals surface area contributed by atoms with Crippen LogP contribution in [0.4, 0.5) is 14.0 Å². The van der Waals surface area contributed by atoms with Crippen LogP contribution in [0.3, 0.4) is 0 Å². The van der Waals surface area contributed by atoms with Crippen LogP contribution in [-0.2, 0) is 11.3 Å². The van der Waals surface area contributed by atoms with E-state index in [-0.39, 0.29) is 30.5 Å². The number of amides is 3. The van der Waals surface area contributed by atoms with Gasteiger partial charge in [-0.05, 0) is 43.9 Å². The second kappa shape index (κ2) is 8.52. The molecule has 1 fully saturated rings. The van der Waals surface area contributed by atoms with Gasteiger partial charge in [-0.3, -0.25) is 0 Å². The molecule has 0 saturated carbocycles. The van der Waals surface area contributed by atoms with Gasteiger partial charge in [0, 0.05) is 25.7 Å². The van der Waals surface area contributed by atoms with E-state index < -0.39 is 0 Å². The predicted octanol–water partition coefficient (Wildman–Crippen LogP) is 2.55. The summed E-state index contributed by atoms with van der Waals surface area (Å²) in [6.45, 7) is 5.22. The number of aryl methyl sites for hydroxylation is 1. The zero-order valence-electron chi connectivity index (χ0n) is 14.1. The van der Waals surface area contributed by atoms with E-state index in [1.165, 1.54) is 6.07 Å². The number of piperidine rings is 1. The van der Waals surface area contributed by atoms with Crippen molar-refractivity contribution in [1.82, 2.24) is 15.5 Å². The molecule has 1 heterocycles. The van der Waals surface area contributed by atoms with Crippen molar-refractivity contribution in [2.75, 3.05) is 19.7 Å². The van der Waals surface area contributed by atoms with Gasteiger partial charge in [0.15, 0.2) is 0 Å². The molecule has 132 valence electrons. The molecular weight excluding hydrogens is 313 g/mol. The monoisotopic (exact) mass is 337 g/mol. The van der Waals surface area contributed by atoms with Gasteiger partial charge in [-0.1, -0.05) is 12.1 Å². The zero-order valence-corrected chi connectivity index (χ0v) is 14.1. The van der Waals surface area contributed by atoms with Crippen molar-refractivity contribution in [1.29, 1.82) is 0 Å². The van der Waals surface area contributed by atoms with E-state index in [0.717, 1.165) is 0 Å². The first kappa shape index (κ1) is 18.0. The summed E-state index contributed by atoms with van der Waals surface area (Å²) >= 11 is 0. The molecule has 0 aliphatic carbocycles. The van der Waals surface area contributed by atoms with Gasteiger partial charge in [0.2, 0.25) is 0 Å². The van der Waals surface area contributed by atoms with Crippen LogP contribution in [0.5, 0.6) is 0 Å². The second-order valence-corrected chi connectivity index (χ2v) is 5.87. The van der Waals surface area contributed by atoms with Crippen molar-refractivity contribution >= 4 is 12.1 Å². The van der Waals surface area contributed by atoms with E-state index in [2.05, 4.69) is 10.6 Å². The molecule has 7 heteroatoms. The minimum Gasteiger partial charge on any atom is -0.450 e. The van der Waals surface area contributed by atoms with Gasteiger partial charge in [-0.25, -0.2) is 14.0 Å². The topological polar surface area (TPSA) is 70.7 Å². The van der Waals surface area contributed by atoms with Gasteiger partial charge >= 0.3 is 12.1 Å². The number of urea groups is 1. The molecule has 1 aromatic rings. The highest BCUT2D eigenvalue weighted by Crippen LogP contribution is 2.12. The Hall–Kier alpha value is -2.31. The van der Waals surface area contributed by atoms with Crippen LogP contribution in [0.15, 0.2) is 18.2 Å². The van der Waals surface area contributed by atoms with Crippen molar-refractivity contribution in [3.8, 4) is 0 Å². The SMILES string of the molecule is CCOC(=O)N1CCC(NC(=O)NCc2ccc(C)c(F)c2)CC1. The fraction of sp³-hybridized carbons (Fsp3) is 0.529. The standard InChI is InChI=1S/C17H24FN3O3/c1-3-24-17(23)21-8-6-14(7-9-21)20-16(22)19-11-13-5-4-12(2)15(18)10-13/h4-5,10,14H,3,6-9,11H2,1-2H3,(H2,19,20,22). The lowest BCUT2D eigenvalue weighted by molar-refractivity contribution is 0.0957. The van der Waals surface area contributed by atoms with Gasteiger partial charge in [0.1, 0.15) is 5.82 Å². The Balaban J connectivity index is 1.71. The molecule has 1 aliphatic rings. The molecule has 1 aliphatic heterocycles. The summed E-state index contributed by atoms with van der Waals surface area (Å²) in [6.07, 6.45) is 1.07. The average molecular weight is 337 g/mol. The zero-order chi connectivity index (χ0) is 17.5. The third kappa shape index (κ3) is 5.11. The van der Waals surface area contributed by atoms with E-state index in [9.17, 15) is 14.0 Å².